The third-order valence-electron chi connectivity index (χ3n) is 3.74. The Morgan fingerprint density at radius 1 is 1.41 bits per heavy atom. The average molecular weight is 300 g/mol. The number of rotatable bonds is 2. The Hall–Kier alpha value is -0.680. The van der Waals surface area contributed by atoms with Gasteiger partial charge in [0.1, 0.15) is 0 Å². The van der Waals surface area contributed by atoms with Gasteiger partial charge >= 0.3 is 0 Å². The van der Waals surface area contributed by atoms with E-state index in [0.29, 0.717) is 22.4 Å². The van der Waals surface area contributed by atoms with Crippen LogP contribution in [-0.4, -0.2) is 35.1 Å². The second kappa shape index (κ2) is 4.53. The molecule has 2 atom stereocenters. The molecule has 0 saturated carbocycles. The zero-order chi connectivity index (χ0) is 11.8. The topological polar surface area (TPSA) is 28.2 Å². The van der Waals surface area contributed by atoms with Crippen LogP contribution in [0.15, 0.2) is 16.7 Å². The predicted molar refractivity (Wildman–Crippen MR) is 68.5 cm³/mol. The van der Waals surface area contributed by atoms with Crippen molar-refractivity contribution in [2.75, 3.05) is 18.4 Å². The summed E-state index contributed by atoms with van der Waals surface area (Å²) in [5.74, 6) is 0.0998. The highest BCUT2D eigenvalue weighted by Gasteiger charge is 2.37. The van der Waals surface area contributed by atoms with Gasteiger partial charge in [0, 0.05) is 29.3 Å². The maximum atomic E-state index is 13.7. The van der Waals surface area contributed by atoms with E-state index < -0.39 is 0 Å². The zero-order valence-electron chi connectivity index (χ0n) is 9.50. The molecular weight excluding hydrogens is 285 g/mol. The van der Waals surface area contributed by atoms with Gasteiger partial charge in [0.2, 0.25) is 0 Å². The molecule has 1 aromatic rings. The van der Waals surface area contributed by atoms with E-state index in [1.54, 1.807) is 6.20 Å². The number of aromatic nitrogens is 1. The van der Waals surface area contributed by atoms with E-state index in [2.05, 4.69) is 31.1 Å². The summed E-state index contributed by atoms with van der Waals surface area (Å²) in [5.41, 5.74) is 0. The molecule has 2 unspecified atom stereocenters. The summed E-state index contributed by atoms with van der Waals surface area (Å²) in [7, 11) is 0. The molecule has 92 valence electrons. The van der Waals surface area contributed by atoms with Crippen molar-refractivity contribution >= 4 is 21.7 Å². The number of halogens is 2. The van der Waals surface area contributed by atoms with Gasteiger partial charge in [0.05, 0.1) is 0 Å². The molecule has 3 nitrogen and oxygen atoms in total. The Bertz CT molecular complexity index is 426. The average Bonchev–Trinajstić information content (AvgIpc) is 2.86. The van der Waals surface area contributed by atoms with E-state index in [1.165, 1.54) is 25.5 Å². The summed E-state index contributed by atoms with van der Waals surface area (Å²) in [5, 5.41) is 3.26. The lowest BCUT2D eigenvalue weighted by molar-refractivity contribution is 0.318. The lowest BCUT2D eigenvalue weighted by atomic mass is 10.1. The Kier molecular flexibility index (Phi) is 3.04. The summed E-state index contributed by atoms with van der Waals surface area (Å²) in [6, 6.07) is 2.37. The quantitative estimate of drug-likeness (QED) is 0.910. The summed E-state index contributed by atoms with van der Waals surface area (Å²) in [6.07, 6.45) is 5.20. The van der Waals surface area contributed by atoms with Crippen molar-refractivity contribution < 1.29 is 4.39 Å². The van der Waals surface area contributed by atoms with Crippen LogP contribution in [0, 0.1) is 5.82 Å². The molecule has 1 aromatic heterocycles. The van der Waals surface area contributed by atoms with Gasteiger partial charge in [-0.3, -0.25) is 4.90 Å². The van der Waals surface area contributed by atoms with Crippen LogP contribution in [0.3, 0.4) is 0 Å². The third kappa shape index (κ3) is 2.18. The molecule has 3 rings (SSSR count). The number of fused-ring (bicyclic) bond motifs is 1. The van der Waals surface area contributed by atoms with Gasteiger partial charge in [-0.05, 0) is 47.8 Å². The van der Waals surface area contributed by atoms with Crippen molar-refractivity contribution in [1.29, 1.82) is 0 Å². The first-order valence-electron chi connectivity index (χ1n) is 6.05. The van der Waals surface area contributed by atoms with Crippen molar-refractivity contribution in [3.63, 3.8) is 0 Å². The first-order chi connectivity index (χ1) is 8.24. The monoisotopic (exact) mass is 299 g/mol. The minimum absolute atomic E-state index is 0.282. The number of anilines is 1. The largest absolute Gasteiger partial charge is 0.363 e. The summed E-state index contributed by atoms with van der Waals surface area (Å²) in [4.78, 5) is 6.60. The lowest BCUT2D eigenvalue weighted by Crippen LogP contribution is -2.34. The van der Waals surface area contributed by atoms with Crippen LogP contribution in [0.5, 0.6) is 0 Å². The number of hydrogen-bond donors (Lipinski definition) is 1. The smallest absolute Gasteiger partial charge is 0.166 e. The van der Waals surface area contributed by atoms with Crippen LogP contribution < -0.4 is 5.32 Å². The summed E-state index contributed by atoms with van der Waals surface area (Å²) >= 11 is 3.22. The Morgan fingerprint density at radius 2 is 2.29 bits per heavy atom. The van der Waals surface area contributed by atoms with E-state index in [-0.39, 0.29) is 5.82 Å². The van der Waals surface area contributed by atoms with Crippen LogP contribution in [0.25, 0.3) is 0 Å². The fourth-order valence-electron chi connectivity index (χ4n) is 2.95. The molecule has 5 heteroatoms. The molecule has 0 bridgehead atoms. The van der Waals surface area contributed by atoms with E-state index >= 15 is 0 Å². The molecule has 2 fully saturated rings. The molecule has 0 spiro atoms. The number of hydrogen-bond acceptors (Lipinski definition) is 3. The van der Waals surface area contributed by atoms with E-state index in [0.717, 1.165) is 13.0 Å². The summed E-state index contributed by atoms with van der Waals surface area (Å²) in [6.45, 7) is 2.32. The van der Waals surface area contributed by atoms with Gasteiger partial charge in [-0.1, -0.05) is 0 Å². The predicted octanol–water partition coefficient (Wildman–Crippen LogP) is 2.63. The standard InChI is InChI=1S/C12H15BrFN3/c13-8-6-9(14)12(15-7-8)16-10-3-5-17-4-1-2-11(10)17/h6-7,10-11H,1-5H2,(H,15,16). The van der Waals surface area contributed by atoms with Crippen molar-refractivity contribution in [2.45, 2.75) is 31.3 Å². The minimum atomic E-state index is -0.282. The lowest BCUT2D eigenvalue weighted by Gasteiger charge is -2.21. The molecule has 3 heterocycles. The van der Waals surface area contributed by atoms with Crippen LogP contribution in [-0.2, 0) is 0 Å². The van der Waals surface area contributed by atoms with Gasteiger partial charge in [0.25, 0.3) is 0 Å². The Morgan fingerprint density at radius 3 is 3.12 bits per heavy atom. The highest BCUT2D eigenvalue weighted by atomic mass is 79.9. The zero-order valence-corrected chi connectivity index (χ0v) is 11.1. The normalized spacial score (nSPS) is 28.4. The molecule has 17 heavy (non-hydrogen) atoms. The maximum Gasteiger partial charge on any atom is 0.166 e. The van der Waals surface area contributed by atoms with Crippen molar-refractivity contribution in [3.05, 3.63) is 22.6 Å². The molecule has 0 aromatic carbocycles. The van der Waals surface area contributed by atoms with Crippen LogP contribution in [0.1, 0.15) is 19.3 Å². The number of nitrogens with one attached hydrogen (secondary N) is 1. The van der Waals surface area contributed by atoms with E-state index in [9.17, 15) is 4.39 Å². The van der Waals surface area contributed by atoms with Crippen molar-refractivity contribution in [3.8, 4) is 0 Å². The van der Waals surface area contributed by atoms with Crippen molar-refractivity contribution in [1.82, 2.24) is 9.88 Å². The third-order valence-corrected chi connectivity index (χ3v) is 4.17. The van der Waals surface area contributed by atoms with Crippen LogP contribution >= 0.6 is 15.9 Å². The second-order valence-electron chi connectivity index (χ2n) is 4.77. The van der Waals surface area contributed by atoms with E-state index in [1.807, 2.05) is 0 Å². The van der Waals surface area contributed by atoms with Crippen LogP contribution in [0.2, 0.25) is 0 Å². The Balaban J connectivity index is 1.74. The first-order valence-corrected chi connectivity index (χ1v) is 6.85. The van der Waals surface area contributed by atoms with Gasteiger partial charge < -0.3 is 5.32 Å². The molecule has 1 N–H and O–H groups in total. The summed E-state index contributed by atoms with van der Waals surface area (Å²) < 4.78 is 14.4. The van der Waals surface area contributed by atoms with E-state index in [4.69, 9.17) is 0 Å². The fraction of sp³-hybridized carbons (Fsp3) is 0.583. The molecular formula is C12H15BrFN3. The SMILES string of the molecule is Fc1cc(Br)cnc1NC1CCN2CCCC12. The molecule has 2 aliphatic heterocycles. The number of pyridine rings is 1. The fourth-order valence-corrected chi connectivity index (χ4v) is 3.25. The Labute approximate surface area is 109 Å². The minimum Gasteiger partial charge on any atom is -0.363 e. The van der Waals surface area contributed by atoms with Gasteiger partial charge in [-0.2, -0.15) is 0 Å². The molecule has 2 aliphatic rings. The molecule has 0 aliphatic carbocycles. The van der Waals surface area contributed by atoms with Gasteiger partial charge in [0.15, 0.2) is 11.6 Å². The van der Waals surface area contributed by atoms with Crippen molar-refractivity contribution in [2.24, 2.45) is 0 Å². The van der Waals surface area contributed by atoms with Gasteiger partial charge in [-0.25, -0.2) is 9.37 Å². The van der Waals surface area contributed by atoms with Gasteiger partial charge in [-0.15, -0.1) is 0 Å². The second-order valence-corrected chi connectivity index (χ2v) is 5.68. The molecule has 0 amide bonds. The highest BCUT2D eigenvalue weighted by Crippen LogP contribution is 2.30. The van der Waals surface area contributed by atoms with Crippen LogP contribution in [0.4, 0.5) is 10.2 Å². The first kappa shape index (κ1) is 11.4. The number of nitrogens with zero attached hydrogens (tertiary/aromatic N) is 2. The highest BCUT2D eigenvalue weighted by molar-refractivity contribution is 9.10. The molecule has 0 radical (unpaired) electrons. The molecule has 2 saturated heterocycles. The maximum absolute atomic E-state index is 13.7.